The average Bonchev–Trinajstić information content (AvgIpc) is 3.04. The number of likely N-dealkylation sites (tertiary alicyclic amines) is 1. The minimum Gasteiger partial charge on any atom is -0.369 e. The quantitative estimate of drug-likeness (QED) is 0.623. The van der Waals surface area contributed by atoms with Crippen molar-refractivity contribution < 1.29 is 9.59 Å². The Hall–Kier alpha value is -2.16. The maximum Gasteiger partial charge on any atom is 0.235 e. The number of hydrogen-bond donors (Lipinski definition) is 2. The lowest BCUT2D eigenvalue weighted by Crippen LogP contribution is -2.44. The molecule has 1 unspecified atom stereocenters. The second-order valence-electron chi connectivity index (χ2n) is 5.54. The number of carbonyl (C=O) groups excluding carboxylic acids is 2. The van der Waals surface area contributed by atoms with Crippen molar-refractivity contribution >= 4 is 34.7 Å². The molecule has 0 saturated carbocycles. The molecule has 2 aromatic rings. The topological polar surface area (TPSA) is 118 Å². The Balaban J connectivity index is 1.64. The molecule has 0 bridgehead atoms. The highest BCUT2D eigenvalue weighted by Crippen LogP contribution is 2.28. The minimum atomic E-state index is -0.276. The van der Waals surface area contributed by atoms with Crippen molar-refractivity contribution in [1.29, 1.82) is 0 Å². The number of nitrogens with zero attached hydrogens (tertiary/aromatic N) is 4. The van der Waals surface area contributed by atoms with Gasteiger partial charge in [-0.1, -0.05) is 11.8 Å². The zero-order chi connectivity index (χ0) is 16.4. The molecule has 1 aliphatic heterocycles. The van der Waals surface area contributed by atoms with Gasteiger partial charge >= 0.3 is 0 Å². The van der Waals surface area contributed by atoms with Crippen LogP contribution in [0.2, 0.25) is 0 Å². The molecule has 8 nitrogen and oxygen atoms in total. The number of nitrogens with two attached hydrogens (primary N) is 1. The van der Waals surface area contributed by atoms with Crippen molar-refractivity contribution in [1.82, 2.24) is 24.8 Å². The number of primary amides is 1. The van der Waals surface area contributed by atoms with E-state index in [1.807, 2.05) is 6.92 Å². The van der Waals surface area contributed by atoms with E-state index >= 15 is 0 Å². The lowest BCUT2D eigenvalue weighted by Gasteiger charge is -2.32. The number of fused-ring (bicyclic) bond motifs is 1. The molecule has 1 saturated heterocycles. The monoisotopic (exact) mass is 334 g/mol. The molecular weight excluding hydrogens is 316 g/mol. The smallest absolute Gasteiger partial charge is 0.235 e. The first-order chi connectivity index (χ1) is 11.1. The third-order valence-corrected chi connectivity index (χ3v) is 5.12. The maximum absolute atomic E-state index is 12.6. The number of hydrogen-bond acceptors (Lipinski definition) is 6. The van der Waals surface area contributed by atoms with Gasteiger partial charge < -0.3 is 15.6 Å². The molecule has 0 radical (unpaired) electrons. The lowest BCUT2D eigenvalue weighted by atomic mass is 9.96. The van der Waals surface area contributed by atoms with Crippen LogP contribution in [0.4, 0.5) is 0 Å². The summed E-state index contributed by atoms with van der Waals surface area (Å²) in [5.41, 5.74) is 6.65. The summed E-state index contributed by atoms with van der Waals surface area (Å²) in [5.74, 6) is -0.347. The zero-order valence-corrected chi connectivity index (χ0v) is 13.5. The van der Waals surface area contributed by atoms with E-state index in [9.17, 15) is 9.59 Å². The summed E-state index contributed by atoms with van der Waals surface area (Å²) < 4.78 is 0. The second-order valence-corrected chi connectivity index (χ2v) is 6.87. The fraction of sp³-hybridized carbons (Fsp3) is 0.500. The largest absolute Gasteiger partial charge is 0.369 e. The van der Waals surface area contributed by atoms with Crippen molar-refractivity contribution in [3.05, 3.63) is 12.7 Å². The number of aromatic nitrogens is 4. The molecule has 122 valence electrons. The van der Waals surface area contributed by atoms with E-state index in [0.717, 1.165) is 5.52 Å². The molecule has 0 aromatic carbocycles. The summed E-state index contributed by atoms with van der Waals surface area (Å²) in [7, 11) is 0. The van der Waals surface area contributed by atoms with Gasteiger partial charge in [-0.25, -0.2) is 15.0 Å². The third kappa shape index (κ3) is 3.29. The normalized spacial score (nSPS) is 17.3. The predicted molar refractivity (Wildman–Crippen MR) is 85.5 cm³/mol. The Morgan fingerprint density at radius 3 is 2.78 bits per heavy atom. The van der Waals surface area contributed by atoms with Gasteiger partial charge in [-0.2, -0.15) is 0 Å². The molecule has 9 heteroatoms. The van der Waals surface area contributed by atoms with Gasteiger partial charge in [0.05, 0.1) is 11.6 Å². The van der Waals surface area contributed by atoms with Gasteiger partial charge in [-0.05, 0) is 19.8 Å². The van der Waals surface area contributed by atoms with Crippen LogP contribution in [0.3, 0.4) is 0 Å². The van der Waals surface area contributed by atoms with Crippen LogP contribution in [-0.2, 0) is 9.59 Å². The number of amides is 2. The molecule has 3 heterocycles. The van der Waals surface area contributed by atoms with Crippen molar-refractivity contribution in [2.45, 2.75) is 30.0 Å². The fourth-order valence-electron chi connectivity index (χ4n) is 2.69. The van der Waals surface area contributed by atoms with Crippen molar-refractivity contribution in [3.63, 3.8) is 0 Å². The Morgan fingerprint density at radius 2 is 2.09 bits per heavy atom. The van der Waals surface area contributed by atoms with E-state index in [0.29, 0.717) is 36.6 Å². The number of carbonyl (C=O) groups is 2. The van der Waals surface area contributed by atoms with Gasteiger partial charge in [-0.15, -0.1) is 0 Å². The molecule has 2 amide bonds. The zero-order valence-electron chi connectivity index (χ0n) is 12.7. The Labute approximate surface area is 137 Å². The van der Waals surface area contributed by atoms with Crippen LogP contribution in [-0.4, -0.2) is 55.0 Å². The third-order valence-electron chi connectivity index (χ3n) is 4.03. The highest BCUT2D eigenvalue weighted by molar-refractivity contribution is 8.00. The molecule has 1 aliphatic rings. The van der Waals surface area contributed by atoms with E-state index in [4.69, 9.17) is 5.73 Å². The molecular formula is C14H18N6O2S. The van der Waals surface area contributed by atoms with Crippen LogP contribution in [0, 0.1) is 5.92 Å². The first kappa shape index (κ1) is 15.7. The number of thioether (sulfide) groups is 1. The van der Waals surface area contributed by atoms with Crippen LogP contribution in [0.25, 0.3) is 11.2 Å². The number of rotatable bonds is 4. The lowest BCUT2D eigenvalue weighted by molar-refractivity contribution is -0.134. The van der Waals surface area contributed by atoms with Gasteiger partial charge in [0.25, 0.3) is 0 Å². The molecule has 1 atom stereocenters. The van der Waals surface area contributed by atoms with Gasteiger partial charge in [0.1, 0.15) is 16.9 Å². The van der Waals surface area contributed by atoms with Crippen molar-refractivity contribution in [2.24, 2.45) is 11.7 Å². The van der Waals surface area contributed by atoms with E-state index in [1.54, 1.807) is 11.2 Å². The van der Waals surface area contributed by atoms with E-state index in [2.05, 4.69) is 19.9 Å². The average molecular weight is 334 g/mol. The SMILES string of the molecule is CC(Sc1ncnc2nc[nH]c12)C(=O)N1CCC(C(N)=O)CC1. The minimum absolute atomic E-state index is 0.0456. The molecule has 23 heavy (non-hydrogen) atoms. The molecule has 0 spiro atoms. The standard InChI is InChI=1S/C14H18N6O2S/c1-8(14(22)20-4-2-9(3-5-20)11(15)21)23-13-10-12(17-6-16-10)18-7-19-13/h6-9H,2-5H2,1H3,(H2,15,21)(H,16,17,18,19). The predicted octanol–water partition coefficient (Wildman–Crippen LogP) is 0.557. The van der Waals surface area contributed by atoms with Crippen molar-refractivity contribution in [2.75, 3.05) is 13.1 Å². The summed E-state index contributed by atoms with van der Waals surface area (Å²) in [6.45, 7) is 3.00. The highest BCUT2D eigenvalue weighted by atomic mass is 32.2. The molecule has 3 N–H and O–H groups in total. The van der Waals surface area contributed by atoms with E-state index in [1.165, 1.54) is 18.1 Å². The number of piperidine rings is 1. The number of H-pyrrole nitrogens is 1. The molecule has 0 aliphatic carbocycles. The van der Waals surface area contributed by atoms with Crippen LogP contribution in [0.1, 0.15) is 19.8 Å². The molecule has 1 fully saturated rings. The van der Waals surface area contributed by atoms with Crippen LogP contribution < -0.4 is 5.73 Å². The second kappa shape index (κ2) is 6.53. The summed E-state index contributed by atoms with van der Waals surface area (Å²) in [6, 6.07) is 0. The number of aromatic amines is 1. The van der Waals surface area contributed by atoms with Crippen LogP contribution in [0.5, 0.6) is 0 Å². The Morgan fingerprint density at radius 1 is 1.35 bits per heavy atom. The van der Waals surface area contributed by atoms with Crippen molar-refractivity contribution in [3.8, 4) is 0 Å². The Kier molecular flexibility index (Phi) is 4.46. The van der Waals surface area contributed by atoms with E-state index in [-0.39, 0.29) is 23.0 Å². The number of nitrogens with one attached hydrogen (secondary N) is 1. The van der Waals surface area contributed by atoms with Crippen LogP contribution >= 0.6 is 11.8 Å². The maximum atomic E-state index is 12.6. The first-order valence-electron chi connectivity index (χ1n) is 7.45. The summed E-state index contributed by atoms with van der Waals surface area (Å²) in [4.78, 5) is 40.9. The summed E-state index contributed by atoms with van der Waals surface area (Å²) in [6.07, 6.45) is 4.28. The highest BCUT2D eigenvalue weighted by Gasteiger charge is 2.29. The number of imidazole rings is 1. The molecule has 2 aromatic heterocycles. The fourth-order valence-corrected chi connectivity index (χ4v) is 3.65. The Bertz CT molecular complexity index is 725. The van der Waals surface area contributed by atoms with Gasteiger partial charge in [0.15, 0.2) is 5.65 Å². The summed E-state index contributed by atoms with van der Waals surface area (Å²) in [5, 5.41) is 0.432. The van der Waals surface area contributed by atoms with Gasteiger partial charge in [0, 0.05) is 19.0 Å². The summed E-state index contributed by atoms with van der Waals surface area (Å²) >= 11 is 1.38. The first-order valence-corrected chi connectivity index (χ1v) is 8.33. The molecule has 3 rings (SSSR count). The van der Waals surface area contributed by atoms with E-state index < -0.39 is 0 Å². The van der Waals surface area contributed by atoms with Gasteiger partial charge in [0.2, 0.25) is 11.8 Å². The van der Waals surface area contributed by atoms with Gasteiger partial charge in [-0.3, -0.25) is 9.59 Å². The van der Waals surface area contributed by atoms with Crippen LogP contribution in [0.15, 0.2) is 17.7 Å².